The van der Waals surface area contributed by atoms with E-state index in [4.69, 9.17) is 21.1 Å². The van der Waals surface area contributed by atoms with Crippen molar-refractivity contribution >= 4 is 23.4 Å². The summed E-state index contributed by atoms with van der Waals surface area (Å²) in [6.07, 6.45) is 2.93. The molecule has 0 radical (unpaired) electrons. The van der Waals surface area contributed by atoms with Crippen molar-refractivity contribution in [2.75, 3.05) is 33.4 Å². The first-order valence-electron chi connectivity index (χ1n) is 8.98. The van der Waals surface area contributed by atoms with Gasteiger partial charge in [0.25, 0.3) is 5.91 Å². The maximum atomic E-state index is 12.4. The number of carbonyl (C=O) groups excluding carboxylic acids is 2. The molecule has 0 spiro atoms. The predicted molar refractivity (Wildman–Crippen MR) is 101 cm³/mol. The van der Waals surface area contributed by atoms with Gasteiger partial charge in [0.15, 0.2) is 11.5 Å². The standard InChI is InChI=1S/C19H27ClN2O4/c1-13(2)6-9-26-18-15(20)10-14(11-16(18)25-3)19(24)21-12-17(23)22-7-4-5-8-22/h10-11,13H,4-9,12H2,1-3H3,(H,21,24). The number of amides is 2. The van der Waals surface area contributed by atoms with E-state index in [1.165, 1.54) is 13.2 Å². The van der Waals surface area contributed by atoms with Gasteiger partial charge in [-0.25, -0.2) is 0 Å². The monoisotopic (exact) mass is 382 g/mol. The summed E-state index contributed by atoms with van der Waals surface area (Å²) in [4.78, 5) is 26.2. The Kier molecular flexibility index (Phi) is 7.57. The number of nitrogens with one attached hydrogen (secondary N) is 1. The number of benzene rings is 1. The van der Waals surface area contributed by atoms with Crippen LogP contribution in [0.1, 0.15) is 43.5 Å². The van der Waals surface area contributed by atoms with Crippen LogP contribution < -0.4 is 14.8 Å². The van der Waals surface area contributed by atoms with Crippen LogP contribution in [0, 0.1) is 5.92 Å². The highest BCUT2D eigenvalue weighted by atomic mass is 35.5. The molecular formula is C19H27ClN2O4. The lowest BCUT2D eigenvalue weighted by Gasteiger charge is -2.16. The molecule has 0 aliphatic carbocycles. The average molecular weight is 383 g/mol. The van der Waals surface area contributed by atoms with E-state index < -0.39 is 0 Å². The molecule has 144 valence electrons. The Morgan fingerprint density at radius 2 is 1.96 bits per heavy atom. The lowest BCUT2D eigenvalue weighted by Crippen LogP contribution is -2.38. The molecule has 2 rings (SSSR count). The molecule has 1 aromatic rings. The van der Waals surface area contributed by atoms with Gasteiger partial charge >= 0.3 is 0 Å². The van der Waals surface area contributed by atoms with Crippen LogP contribution in [0.4, 0.5) is 0 Å². The van der Waals surface area contributed by atoms with Crippen LogP contribution in [-0.2, 0) is 4.79 Å². The molecule has 1 aliphatic heterocycles. The van der Waals surface area contributed by atoms with Gasteiger partial charge in [-0.15, -0.1) is 0 Å². The third kappa shape index (κ3) is 5.53. The first kappa shape index (κ1) is 20.4. The van der Waals surface area contributed by atoms with E-state index in [1.807, 2.05) is 0 Å². The third-order valence-electron chi connectivity index (χ3n) is 4.29. The van der Waals surface area contributed by atoms with Gasteiger partial charge in [-0.3, -0.25) is 9.59 Å². The number of ether oxygens (including phenoxy) is 2. The van der Waals surface area contributed by atoms with Crippen LogP contribution in [0.15, 0.2) is 12.1 Å². The van der Waals surface area contributed by atoms with Crippen molar-refractivity contribution in [1.82, 2.24) is 10.2 Å². The largest absolute Gasteiger partial charge is 0.493 e. The molecule has 1 fully saturated rings. The number of methoxy groups -OCH3 is 1. The van der Waals surface area contributed by atoms with Gasteiger partial charge in [-0.2, -0.15) is 0 Å². The summed E-state index contributed by atoms with van der Waals surface area (Å²) >= 11 is 6.28. The van der Waals surface area contributed by atoms with Crippen molar-refractivity contribution < 1.29 is 19.1 Å². The molecule has 0 unspecified atom stereocenters. The van der Waals surface area contributed by atoms with Crippen LogP contribution in [0.3, 0.4) is 0 Å². The van der Waals surface area contributed by atoms with E-state index in [2.05, 4.69) is 19.2 Å². The van der Waals surface area contributed by atoms with Gasteiger partial charge in [0.1, 0.15) is 0 Å². The van der Waals surface area contributed by atoms with E-state index >= 15 is 0 Å². The number of likely N-dealkylation sites (tertiary alicyclic amines) is 1. The summed E-state index contributed by atoms with van der Waals surface area (Å²) in [5.74, 6) is 0.906. The number of hydrogen-bond acceptors (Lipinski definition) is 4. The Hall–Kier alpha value is -1.95. The molecule has 6 nitrogen and oxygen atoms in total. The van der Waals surface area contributed by atoms with Crippen LogP contribution in [0.5, 0.6) is 11.5 Å². The van der Waals surface area contributed by atoms with Crippen molar-refractivity contribution in [1.29, 1.82) is 0 Å². The average Bonchev–Trinajstić information content (AvgIpc) is 3.14. The van der Waals surface area contributed by atoms with E-state index in [-0.39, 0.29) is 18.4 Å². The van der Waals surface area contributed by atoms with E-state index in [1.54, 1.807) is 11.0 Å². The second-order valence-corrected chi connectivity index (χ2v) is 7.20. The quantitative estimate of drug-likeness (QED) is 0.750. The molecular weight excluding hydrogens is 356 g/mol. The van der Waals surface area contributed by atoms with Crippen LogP contribution in [0.2, 0.25) is 5.02 Å². The Labute approximate surface area is 159 Å². The second kappa shape index (κ2) is 9.67. The highest BCUT2D eigenvalue weighted by molar-refractivity contribution is 6.32. The van der Waals surface area contributed by atoms with E-state index in [9.17, 15) is 9.59 Å². The fourth-order valence-corrected chi connectivity index (χ4v) is 2.99. The molecule has 1 saturated heterocycles. The first-order valence-corrected chi connectivity index (χ1v) is 9.36. The minimum absolute atomic E-state index is 0.0224. The van der Waals surface area contributed by atoms with Crippen LogP contribution in [0.25, 0.3) is 0 Å². The van der Waals surface area contributed by atoms with Gasteiger partial charge < -0.3 is 19.7 Å². The van der Waals surface area contributed by atoms with Crippen molar-refractivity contribution in [3.63, 3.8) is 0 Å². The normalized spacial score (nSPS) is 13.8. The Morgan fingerprint density at radius 3 is 2.58 bits per heavy atom. The summed E-state index contributed by atoms with van der Waals surface area (Å²) in [7, 11) is 1.50. The van der Waals surface area contributed by atoms with Crippen molar-refractivity contribution in [2.45, 2.75) is 33.1 Å². The summed E-state index contributed by atoms with van der Waals surface area (Å²) < 4.78 is 11.0. The number of carbonyl (C=O) groups is 2. The minimum Gasteiger partial charge on any atom is -0.493 e. The van der Waals surface area contributed by atoms with Gasteiger partial charge in [0, 0.05) is 18.7 Å². The number of nitrogens with zero attached hydrogens (tertiary/aromatic N) is 1. The zero-order chi connectivity index (χ0) is 19.1. The predicted octanol–water partition coefficient (Wildman–Crippen LogP) is 3.13. The summed E-state index contributed by atoms with van der Waals surface area (Å²) in [6.45, 7) is 6.24. The molecule has 1 N–H and O–H groups in total. The fraction of sp³-hybridized carbons (Fsp3) is 0.579. The SMILES string of the molecule is COc1cc(C(=O)NCC(=O)N2CCCC2)cc(Cl)c1OCCC(C)C. The number of halogens is 1. The topological polar surface area (TPSA) is 67.9 Å². The minimum atomic E-state index is -0.369. The molecule has 0 bridgehead atoms. The summed E-state index contributed by atoms with van der Waals surface area (Å²) in [5, 5.41) is 2.96. The van der Waals surface area contributed by atoms with Gasteiger partial charge in [0.05, 0.1) is 25.3 Å². The Bertz CT molecular complexity index is 643. The second-order valence-electron chi connectivity index (χ2n) is 6.79. The van der Waals surface area contributed by atoms with Crippen molar-refractivity contribution in [3.8, 4) is 11.5 Å². The van der Waals surface area contributed by atoms with E-state index in [0.717, 1.165) is 32.4 Å². The highest BCUT2D eigenvalue weighted by Crippen LogP contribution is 2.36. The lowest BCUT2D eigenvalue weighted by atomic mass is 10.1. The number of rotatable bonds is 8. The van der Waals surface area contributed by atoms with Crippen LogP contribution >= 0.6 is 11.6 Å². The molecule has 0 saturated carbocycles. The van der Waals surface area contributed by atoms with Gasteiger partial charge in [-0.1, -0.05) is 25.4 Å². The molecule has 26 heavy (non-hydrogen) atoms. The first-order chi connectivity index (χ1) is 12.4. The summed E-state index contributed by atoms with van der Waals surface area (Å²) in [6, 6.07) is 3.11. The number of hydrogen-bond donors (Lipinski definition) is 1. The molecule has 0 atom stereocenters. The van der Waals surface area contributed by atoms with Crippen molar-refractivity contribution in [3.05, 3.63) is 22.7 Å². The zero-order valence-electron chi connectivity index (χ0n) is 15.6. The molecule has 2 amide bonds. The third-order valence-corrected chi connectivity index (χ3v) is 4.57. The molecule has 7 heteroatoms. The summed E-state index contributed by atoms with van der Waals surface area (Å²) in [5.41, 5.74) is 0.331. The molecule has 0 aromatic heterocycles. The molecule has 1 aliphatic rings. The molecule has 1 heterocycles. The van der Waals surface area contributed by atoms with Gasteiger partial charge in [-0.05, 0) is 37.3 Å². The molecule has 1 aromatic carbocycles. The fourth-order valence-electron chi connectivity index (χ4n) is 2.72. The highest BCUT2D eigenvalue weighted by Gasteiger charge is 2.20. The zero-order valence-corrected chi connectivity index (χ0v) is 16.4. The maximum Gasteiger partial charge on any atom is 0.251 e. The van der Waals surface area contributed by atoms with Crippen LogP contribution in [-0.4, -0.2) is 50.1 Å². The van der Waals surface area contributed by atoms with E-state index in [0.29, 0.717) is 34.6 Å². The van der Waals surface area contributed by atoms with Crippen molar-refractivity contribution in [2.24, 2.45) is 5.92 Å². The Balaban J connectivity index is 2.00. The smallest absolute Gasteiger partial charge is 0.251 e. The lowest BCUT2D eigenvalue weighted by molar-refractivity contribution is -0.129. The Morgan fingerprint density at radius 1 is 1.27 bits per heavy atom. The maximum absolute atomic E-state index is 12.4. The van der Waals surface area contributed by atoms with Gasteiger partial charge in [0.2, 0.25) is 5.91 Å².